The highest BCUT2D eigenvalue weighted by Gasteiger charge is 2.31. The molecular weight excluding hydrogens is 310 g/mol. The lowest BCUT2D eigenvalue weighted by atomic mass is 9.98. The van der Waals surface area contributed by atoms with Crippen molar-refractivity contribution in [1.82, 2.24) is 4.98 Å². The summed E-state index contributed by atoms with van der Waals surface area (Å²) in [5.41, 5.74) is 2.92. The van der Waals surface area contributed by atoms with Crippen molar-refractivity contribution in [3.63, 3.8) is 0 Å². The minimum atomic E-state index is -0.0658. The van der Waals surface area contributed by atoms with Gasteiger partial charge in [-0.25, -0.2) is 4.98 Å². The predicted molar refractivity (Wildman–Crippen MR) is 92.0 cm³/mol. The largest absolute Gasteiger partial charge is 0.312 e. The number of carbonyl (C=O) groups is 2. The third-order valence-corrected chi connectivity index (χ3v) is 5.15. The molecule has 1 unspecified atom stereocenters. The first-order chi connectivity index (χ1) is 11.0. The van der Waals surface area contributed by atoms with E-state index in [1.807, 2.05) is 38.1 Å². The van der Waals surface area contributed by atoms with Crippen LogP contribution in [0.2, 0.25) is 0 Å². The molecule has 1 aromatic heterocycles. The summed E-state index contributed by atoms with van der Waals surface area (Å²) < 4.78 is 0. The molecule has 5 nitrogen and oxygen atoms in total. The van der Waals surface area contributed by atoms with E-state index in [-0.39, 0.29) is 17.7 Å². The summed E-state index contributed by atoms with van der Waals surface area (Å²) >= 11 is 1.48. The van der Waals surface area contributed by atoms with Crippen molar-refractivity contribution in [2.45, 2.75) is 33.1 Å². The Morgan fingerprint density at radius 2 is 2.09 bits per heavy atom. The number of fused-ring (bicyclic) bond motifs is 1. The van der Waals surface area contributed by atoms with Crippen LogP contribution < -0.4 is 10.2 Å². The third-order valence-electron chi connectivity index (χ3n) is 4.16. The van der Waals surface area contributed by atoms with E-state index < -0.39 is 0 Å². The van der Waals surface area contributed by atoms with Crippen molar-refractivity contribution >= 4 is 34.0 Å². The van der Waals surface area contributed by atoms with Crippen LogP contribution >= 0.6 is 11.3 Å². The number of aromatic nitrogens is 1. The van der Waals surface area contributed by atoms with Gasteiger partial charge in [0.2, 0.25) is 11.8 Å². The summed E-state index contributed by atoms with van der Waals surface area (Å²) in [5.74, 6) is -0.0345. The molecule has 120 valence electrons. The molecular formula is C17H19N3O2S. The average Bonchev–Trinajstić information content (AvgIpc) is 3.00. The molecule has 1 N–H and O–H groups in total. The van der Waals surface area contributed by atoms with Crippen LogP contribution in [-0.2, 0) is 9.59 Å². The summed E-state index contributed by atoms with van der Waals surface area (Å²) in [4.78, 5) is 31.3. The SMILES string of the molecule is CC(=O)N1CC(CC(=O)Nc2nc(C)c(C)s2)c2ccccc21. The molecule has 6 heteroatoms. The van der Waals surface area contributed by atoms with E-state index in [9.17, 15) is 9.59 Å². The molecule has 0 spiro atoms. The van der Waals surface area contributed by atoms with Crippen molar-refractivity contribution in [3.8, 4) is 0 Å². The van der Waals surface area contributed by atoms with Crippen LogP contribution in [-0.4, -0.2) is 23.3 Å². The van der Waals surface area contributed by atoms with E-state index in [0.717, 1.165) is 21.8 Å². The van der Waals surface area contributed by atoms with Crippen LogP contribution in [0.4, 0.5) is 10.8 Å². The van der Waals surface area contributed by atoms with Gasteiger partial charge in [-0.3, -0.25) is 9.59 Å². The van der Waals surface area contributed by atoms with Gasteiger partial charge in [0.15, 0.2) is 5.13 Å². The fraction of sp³-hybridized carbons (Fsp3) is 0.353. The van der Waals surface area contributed by atoms with Crippen molar-refractivity contribution < 1.29 is 9.59 Å². The van der Waals surface area contributed by atoms with E-state index in [4.69, 9.17) is 0 Å². The van der Waals surface area contributed by atoms with Gasteiger partial charge in [0.1, 0.15) is 0 Å². The van der Waals surface area contributed by atoms with E-state index in [2.05, 4.69) is 10.3 Å². The molecule has 0 fully saturated rings. The molecule has 2 aromatic rings. The number of nitrogens with zero attached hydrogens (tertiary/aromatic N) is 2. The second-order valence-electron chi connectivity index (χ2n) is 5.80. The Balaban J connectivity index is 1.73. The van der Waals surface area contributed by atoms with Gasteiger partial charge in [0.05, 0.1) is 5.69 Å². The number of anilines is 2. The highest BCUT2D eigenvalue weighted by Crippen LogP contribution is 2.38. The molecule has 1 atom stereocenters. The summed E-state index contributed by atoms with van der Waals surface area (Å²) in [5, 5.41) is 3.51. The Bertz CT molecular complexity index is 749. The van der Waals surface area contributed by atoms with Gasteiger partial charge in [-0.2, -0.15) is 0 Å². The number of carbonyl (C=O) groups excluding carboxylic acids is 2. The topological polar surface area (TPSA) is 62.3 Å². The number of hydrogen-bond donors (Lipinski definition) is 1. The van der Waals surface area contributed by atoms with Crippen LogP contribution in [0.1, 0.15) is 35.4 Å². The van der Waals surface area contributed by atoms with Gasteiger partial charge in [0.25, 0.3) is 0 Å². The third kappa shape index (κ3) is 3.12. The minimum absolute atomic E-state index is 0.00605. The number of thiazole rings is 1. The smallest absolute Gasteiger partial charge is 0.226 e. The Kier molecular flexibility index (Phi) is 4.17. The van der Waals surface area contributed by atoms with Gasteiger partial charge in [0, 0.05) is 36.4 Å². The van der Waals surface area contributed by atoms with Crippen LogP contribution in [0.15, 0.2) is 24.3 Å². The predicted octanol–water partition coefficient (Wildman–Crippen LogP) is 3.24. The van der Waals surface area contributed by atoms with Gasteiger partial charge in [-0.1, -0.05) is 18.2 Å². The number of hydrogen-bond acceptors (Lipinski definition) is 4. The van der Waals surface area contributed by atoms with Gasteiger partial charge in [-0.05, 0) is 25.5 Å². The first-order valence-electron chi connectivity index (χ1n) is 7.56. The number of rotatable bonds is 3. The van der Waals surface area contributed by atoms with Gasteiger partial charge < -0.3 is 10.2 Å². The molecule has 2 amide bonds. The zero-order valence-corrected chi connectivity index (χ0v) is 14.2. The first-order valence-corrected chi connectivity index (χ1v) is 8.38. The molecule has 0 radical (unpaired) electrons. The lowest BCUT2D eigenvalue weighted by Gasteiger charge is -2.15. The summed E-state index contributed by atoms with van der Waals surface area (Å²) in [7, 11) is 0. The zero-order chi connectivity index (χ0) is 16.6. The quantitative estimate of drug-likeness (QED) is 0.940. The molecule has 3 rings (SSSR count). The van der Waals surface area contributed by atoms with E-state index in [1.165, 1.54) is 11.3 Å². The fourth-order valence-electron chi connectivity index (χ4n) is 2.89. The second kappa shape index (κ2) is 6.12. The number of aryl methyl sites for hydroxylation is 2. The van der Waals surface area contributed by atoms with Crippen molar-refractivity contribution in [2.24, 2.45) is 0 Å². The molecule has 1 aliphatic heterocycles. The zero-order valence-electron chi connectivity index (χ0n) is 13.4. The molecule has 0 saturated heterocycles. The number of para-hydroxylation sites is 1. The lowest BCUT2D eigenvalue weighted by Crippen LogP contribution is -2.28. The molecule has 23 heavy (non-hydrogen) atoms. The maximum atomic E-state index is 12.3. The molecule has 0 aliphatic carbocycles. The maximum Gasteiger partial charge on any atom is 0.226 e. The standard InChI is InChI=1S/C17H19N3O2S/c1-10-11(2)23-17(18-10)19-16(22)8-13-9-20(12(3)21)15-7-5-4-6-14(13)15/h4-7,13H,8-9H2,1-3H3,(H,18,19,22). The van der Waals surface area contributed by atoms with Crippen molar-refractivity contribution in [3.05, 3.63) is 40.4 Å². The normalized spacial score (nSPS) is 16.3. The van der Waals surface area contributed by atoms with E-state index in [1.54, 1.807) is 11.8 Å². The number of benzene rings is 1. The van der Waals surface area contributed by atoms with E-state index in [0.29, 0.717) is 18.1 Å². The van der Waals surface area contributed by atoms with Crippen LogP contribution in [0.3, 0.4) is 0 Å². The summed E-state index contributed by atoms with van der Waals surface area (Å²) in [6.45, 7) is 6.03. The molecule has 1 aromatic carbocycles. The fourth-order valence-corrected chi connectivity index (χ4v) is 3.72. The molecule has 2 heterocycles. The maximum absolute atomic E-state index is 12.3. The Labute approximate surface area is 139 Å². The summed E-state index contributed by atoms with van der Waals surface area (Å²) in [6, 6.07) is 7.79. The monoisotopic (exact) mass is 329 g/mol. The van der Waals surface area contributed by atoms with Crippen molar-refractivity contribution in [1.29, 1.82) is 0 Å². The second-order valence-corrected chi connectivity index (χ2v) is 7.00. The highest BCUT2D eigenvalue weighted by atomic mass is 32.1. The molecule has 1 aliphatic rings. The average molecular weight is 329 g/mol. The Morgan fingerprint density at radius 1 is 1.35 bits per heavy atom. The van der Waals surface area contributed by atoms with E-state index >= 15 is 0 Å². The van der Waals surface area contributed by atoms with Gasteiger partial charge in [-0.15, -0.1) is 11.3 Å². The van der Waals surface area contributed by atoms with Crippen LogP contribution in [0.25, 0.3) is 0 Å². The molecule has 0 saturated carbocycles. The number of amides is 2. The highest BCUT2D eigenvalue weighted by molar-refractivity contribution is 7.15. The number of nitrogens with one attached hydrogen (secondary N) is 1. The van der Waals surface area contributed by atoms with Crippen LogP contribution in [0.5, 0.6) is 0 Å². The lowest BCUT2D eigenvalue weighted by molar-refractivity contribution is -0.118. The van der Waals surface area contributed by atoms with Gasteiger partial charge >= 0.3 is 0 Å². The molecule has 0 bridgehead atoms. The van der Waals surface area contributed by atoms with Crippen LogP contribution in [0, 0.1) is 13.8 Å². The van der Waals surface area contributed by atoms with Crippen molar-refractivity contribution in [2.75, 3.05) is 16.8 Å². The Morgan fingerprint density at radius 3 is 2.74 bits per heavy atom. The summed E-state index contributed by atoms with van der Waals surface area (Å²) in [6.07, 6.45) is 0.346. The Hall–Kier alpha value is -2.21. The minimum Gasteiger partial charge on any atom is -0.312 e. The first kappa shape index (κ1) is 15.7.